The van der Waals surface area contributed by atoms with Crippen molar-refractivity contribution < 1.29 is 12.4 Å². The molecule has 0 N–H and O–H groups in total. The SMILES string of the molecule is CCCCCCCCC[P+](CCCCCCCC)(CCCCCCCC)CCCCCCCC.[Cl-]. The number of halogens is 1. The molecule has 0 heterocycles. The van der Waals surface area contributed by atoms with Gasteiger partial charge >= 0.3 is 0 Å². The molecule has 0 amide bonds. The maximum Gasteiger partial charge on any atom is 0.0594 e. The molecule has 2 heteroatoms. The second-order valence-electron chi connectivity index (χ2n) is 11.7. The first-order chi connectivity index (χ1) is 16.7. The van der Waals surface area contributed by atoms with Gasteiger partial charge in [-0.2, -0.15) is 0 Å². The largest absolute Gasteiger partial charge is 1.00 e. The van der Waals surface area contributed by atoms with E-state index in [1.807, 2.05) is 0 Å². The van der Waals surface area contributed by atoms with Gasteiger partial charge in [0, 0.05) is 7.26 Å². The molecule has 0 saturated carbocycles. The van der Waals surface area contributed by atoms with E-state index in [9.17, 15) is 0 Å². The second-order valence-corrected chi connectivity index (χ2v) is 16.1. The first-order valence-electron chi connectivity index (χ1n) is 16.6. The fraction of sp³-hybridized carbons (Fsp3) is 1.00. The van der Waals surface area contributed by atoms with Crippen molar-refractivity contribution in [3.8, 4) is 0 Å². The van der Waals surface area contributed by atoms with E-state index in [1.165, 1.54) is 135 Å². The fourth-order valence-corrected chi connectivity index (χ4v) is 10.7. The minimum Gasteiger partial charge on any atom is -1.00 e. The monoisotopic (exact) mass is 532 g/mol. The van der Waals surface area contributed by atoms with Crippen LogP contribution in [0.15, 0.2) is 0 Å². The maximum atomic E-state index is 2.35. The standard InChI is InChI=1S/C33H70P.ClH/c1-5-9-13-17-21-25-29-33-34(30-26-22-18-14-10-6-2,31-27-23-19-15-11-7-3)32-28-24-20-16-12-8-4;/h5-33H2,1-4H3;1H/q+1;/p-1. The van der Waals surface area contributed by atoms with E-state index in [1.54, 1.807) is 50.3 Å². The third-order valence-electron chi connectivity index (χ3n) is 8.19. The summed E-state index contributed by atoms with van der Waals surface area (Å²) in [6.45, 7) is 9.38. The molecule has 0 aliphatic rings. The Morgan fingerprint density at radius 2 is 0.429 bits per heavy atom. The summed E-state index contributed by atoms with van der Waals surface area (Å²) < 4.78 is 0. The number of hydrogen-bond acceptors (Lipinski definition) is 0. The van der Waals surface area contributed by atoms with Gasteiger partial charge < -0.3 is 12.4 Å². The van der Waals surface area contributed by atoms with Gasteiger partial charge in [-0.3, -0.25) is 0 Å². The maximum absolute atomic E-state index is 2.35. The first-order valence-corrected chi connectivity index (χ1v) is 19.1. The topological polar surface area (TPSA) is 0 Å². The summed E-state index contributed by atoms with van der Waals surface area (Å²) in [5.41, 5.74) is 0. The lowest BCUT2D eigenvalue weighted by atomic mass is 10.1. The Morgan fingerprint density at radius 1 is 0.257 bits per heavy atom. The zero-order valence-corrected chi connectivity index (χ0v) is 27.0. The van der Waals surface area contributed by atoms with Crippen LogP contribution in [-0.2, 0) is 0 Å². The van der Waals surface area contributed by atoms with Crippen molar-refractivity contribution in [2.24, 2.45) is 0 Å². The molecule has 0 rings (SSSR count). The molecule has 0 aliphatic heterocycles. The Kier molecular flexibility index (Phi) is 33.5. The molecule has 0 aromatic carbocycles. The lowest BCUT2D eigenvalue weighted by molar-refractivity contribution is -0.00000777. The third-order valence-corrected chi connectivity index (χ3v) is 13.3. The van der Waals surface area contributed by atoms with Gasteiger partial charge in [0.05, 0.1) is 24.6 Å². The van der Waals surface area contributed by atoms with Crippen LogP contribution in [-0.4, -0.2) is 24.6 Å². The third kappa shape index (κ3) is 26.1. The van der Waals surface area contributed by atoms with E-state index in [0.29, 0.717) is 0 Å². The molecular formula is C33H70ClP. The molecule has 0 atom stereocenters. The average Bonchev–Trinajstić information content (AvgIpc) is 2.85. The number of hydrogen-bond donors (Lipinski definition) is 0. The molecule has 35 heavy (non-hydrogen) atoms. The van der Waals surface area contributed by atoms with Crippen molar-refractivity contribution in [2.75, 3.05) is 24.6 Å². The molecule has 0 saturated heterocycles. The summed E-state index contributed by atoms with van der Waals surface area (Å²) in [4.78, 5) is 0. The smallest absolute Gasteiger partial charge is 0.0594 e. The zero-order chi connectivity index (χ0) is 25.0. The number of unbranched alkanes of at least 4 members (excludes halogenated alkanes) is 21. The van der Waals surface area contributed by atoms with Crippen LogP contribution in [0.4, 0.5) is 0 Å². The van der Waals surface area contributed by atoms with Crippen LogP contribution < -0.4 is 12.4 Å². The summed E-state index contributed by atoms with van der Waals surface area (Å²) in [5.74, 6) is 0. The van der Waals surface area contributed by atoms with Gasteiger partial charge in [0.1, 0.15) is 0 Å². The van der Waals surface area contributed by atoms with Gasteiger partial charge in [-0.25, -0.2) is 0 Å². The summed E-state index contributed by atoms with van der Waals surface area (Å²) >= 11 is 0. The highest BCUT2D eigenvalue weighted by atomic mass is 35.5. The van der Waals surface area contributed by atoms with Crippen molar-refractivity contribution in [3.63, 3.8) is 0 Å². The van der Waals surface area contributed by atoms with E-state index >= 15 is 0 Å². The summed E-state index contributed by atoms with van der Waals surface area (Å²) in [5, 5.41) is 0. The van der Waals surface area contributed by atoms with Crippen molar-refractivity contribution in [2.45, 2.75) is 188 Å². The second kappa shape index (κ2) is 30.9. The molecule has 0 radical (unpaired) electrons. The van der Waals surface area contributed by atoms with Gasteiger partial charge in [0.25, 0.3) is 0 Å². The molecule has 0 aromatic heterocycles. The molecule has 214 valence electrons. The highest BCUT2D eigenvalue weighted by Gasteiger charge is 2.34. The van der Waals surface area contributed by atoms with Crippen molar-refractivity contribution >= 4 is 7.26 Å². The minimum absolute atomic E-state index is 0. The highest BCUT2D eigenvalue weighted by molar-refractivity contribution is 7.75. The number of rotatable bonds is 29. The summed E-state index contributed by atoms with van der Waals surface area (Å²) in [6, 6.07) is 0. The lowest BCUT2D eigenvalue weighted by Gasteiger charge is -2.28. The predicted octanol–water partition coefficient (Wildman–Crippen LogP) is 9.84. The van der Waals surface area contributed by atoms with E-state index in [0.717, 1.165) is 0 Å². The average molecular weight is 533 g/mol. The molecule has 0 unspecified atom stereocenters. The van der Waals surface area contributed by atoms with Crippen molar-refractivity contribution in [1.82, 2.24) is 0 Å². The molecular weight excluding hydrogens is 463 g/mol. The van der Waals surface area contributed by atoms with Crippen LogP contribution in [0.1, 0.15) is 188 Å². The van der Waals surface area contributed by atoms with Crippen LogP contribution in [0, 0.1) is 0 Å². The first kappa shape index (κ1) is 37.9. The van der Waals surface area contributed by atoms with E-state index < -0.39 is 7.26 Å². The van der Waals surface area contributed by atoms with Crippen LogP contribution in [0.2, 0.25) is 0 Å². The van der Waals surface area contributed by atoms with E-state index in [4.69, 9.17) is 0 Å². The lowest BCUT2D eigenvalue weighted by Crippen LogP contribution is -3.00. The van der Waals surface area contributed by atoms with Gasteiger partial charge in [0.2, 0.25) is 0 Å². The van der Waals surface area contributed by atoms with Crippen LogP contribution in [0.25, 0.3) is 0 Å². The van der Waals surface area contributed by atoms with E-state index in [-0.39, 0.29) is 12.4 Å². The zero-order valence-electron chi connectivity index (χ0n) is 25.3. The molecule has 0 nitrogen and oxygen atoms in total. The molecule has 0 aromatic rings. The predicted molar refractivity (Wildman–Crippen MR) is 165 cm³/mol. The van der Waals surface area contributed by atoms with Crippen LogP contribution in [0.5, 0.6) is 0 Å². The molecule has 0 aliphatic carbocycles. The summed E-state index contributed by atoms with van der Waals surface area (Å²) in [6.07, 6.45) is 43.6. The van der Waals surface area contributed by atoms with E-state index in [2.05, 4.69) is 27.7 Å². The quantitative estimate of drug-likeness (QED) is 0.0663. The van der Waals surface area contributed by atoms with Crippen LogP contribution in [0.3, 0.4) is 0 Å². The van der Waals surface area contributed by atoms with Gasteiger partial charge in [-0.15, -0.1) is 0 Å². The Bertz CT molecular complexity index is 329. The Balaban J connectivity index is 0. The minimum atomic E-state index is -0.724. The highest BCUT2D eigenvalue weighted by Crippen LogP contribution is 2.61. The van der Waals surface area contributed by atoms with Gasteiger partial charge in [-0.05, 0) is 51.4 Å². The normalized spacial score (nSPS) is 11.7. The Labute approximate surface area is 232 Å². The van der Waals surface area contributed by atoms with Crippen molar-refractivity contribution in [1.29, 1.82) is 0 Å². The molecule has 0 bridgehead atoms. The summed E-state index contributed by atoms with van der Waals surface area (Å²) in [7, 11) is -0.724. The van der Waals surface area contributed by atoms with Crippen molar-refractivity contribution in [3.05, 3.63) is 0 Å². The molecule has 0 fully saturated rings. The Morgan fingerprint density at radius 3 is 0.629 bits per heavy atom. The van der Waals surface area contributed by atoms with Crippen LogP contribution >= 0.6 is 7.26 Å². The van der Waals surface area contributed by atoms with Gasteiger partial charge in [0.15, 0.2) is 0 Å². The van der Waals surface area contributed by atoms with Gasteiger partial charge in [-0.1, -0.05) is 137 Å². The molecule has 0 spiro atoms. The Hall–Kier alpha value is 0.720. The fourth-order valence-electron chi connectivity index (χ4n) is 5.76.